The smallest absolute Gasteiger partial charge is 0.124 e. The summed E-state index contributed by atoms with van der Waals surface area (Å²) in [5, 5.41) is 9.11. The molecule has 4 heteroatoms. The monoisotopic (exact) mass is 301 g/mol. The predicted octanol–water partition coefficient (Wildman–Crippen LogP) is 4.33. The molecule has 0 unspecified atom stereocenters. The summed E-state index contributed by atoms with van der Waals surface area (Å²) >= 11 is 6.07. The zero-order valence-corrected chi connectivity index (χ0v) is 13.7. The van der Waals surface area contributed by atoms with Gasteiger partial charge in [0, 0.05) is 6.54 Å². The maximum absolute atomic E-state index is 9.11. The number of hydrogen-bond acceptors (Lipinski definition) is 2. The van der Waals surface area contributed by atoms with E-state index in [4.69, 9.17) is 16.9 Å². The number of fused-ring (bicyclic) bond motifs is 1. The molecule has 0 N–H and O–H groups in total. The van der Waals surface area contributed by atoms with Crippen molar-refractivity contribution < 1.29 is 0 Å². The highest BCUT2D eigenvalue weighted by Gasteiger charge is 2.64. The molecule has 0 radical (unpaired) electrons. The molecule has 2 aromatic rings. The van der Waals surface area contributed by atoms with Gasteiger partial charge >= 0.3 is 0 Å². The van der Waals surface area contributed by atoms with Crippen LogP contribution in [0.2, 0.25) is 0 Å². The van der Waals surface area contributed by atoms with Crippen molar-refractivity contribution >= 4 is 22.6 Å². The summed E-state index contributed by atoms with van der Waals surface area (Å²) in [7, 11) is 0. The quantitative estimate of drug-likeness (QED) is 0.792. The van der Waals surface area contributed by atoms with E-state index in [-0.39, 0.29) is 0 Å². The van der Waals surface area contributed by atoms with Gasteiger partial charge < -0.3 is 4.57 Å². The van der Waals surface area contributed by atoms with Crippen molar-refractivity contribution in [3.63, 3.8) is 0 Å². The van der Waals surface area contributed by atoms with Crippen molar-refractivity contribution in [2.24, 2.45) is 16.7 Å². The lowest BCUT2D eigenvalue weighted by molar-refractivity contribution is 0.457. The number of alkyl halides is 1. The SMILES string of the molecule is CC1(C)C(Cn2c(CCl)nc3ccc(C#N)cc32)C1(C)C. The normalized spacial score (nSPS) is 19.6. The van der Waals surface area contributed by atoms with Crippen molar-refractivity contribution in [2.45, 2.75) is 40.1 Å². The standard InChI is InChI=1S/C17H20ClN3/c1-16(2)14(17(16,3)4)10-21-13-7-11(9-19)5-6-12(13)20-15(21)8-18/h5-7,14H,8,10H2,1-4H3. The molecule has 1 heterocycles. The lowest BCUT2D eigenvalue weighted by atomic mass is 10.0. The lowest BCUT2D eigenvalue weighted by Crippen LogP contribution is -2.07. The predicted molar refractivity (Wildman–Crippen MR) is 85.1 cm³/mol. The second-order valence-electron chi connectivity index (χ2n) is 7.08. The van der Waals surface area contributed by atoms with Crippen LogP contribution in [0.1, 0.15) is 39.1 Å². The molecule has 1 aromatic carbocycles. The van der Waals surface area contributed by atoms with E-state index in [1.165, 1.54) is 0 Å². The van der Waals surface area contributed by atoms with Gasteiger partial charge in [0.2, 0.25) is 0 Å². The third-order valence-corrected chi connectivity index (χ3v) is 6.00. The molecule has 1 aliphatic rings. The first-order chi connectivity index (χ1) is 9.82. The first kappa shape index (κ1) is 14.4. The number of nitrogens with zero attached hydrogens (tertiary/aromatic N) is 3. The average molecular weight is 302 g/mol. The van der Waals surface area contributed by atoms with Gasteiger partial charge in [-0.15, -0.1) is 11.6 Å². The zero-order valence-electron chi connectivity index (χ0n) is 12.9. The number of aromatic nitrogens is 2. The summed E-state index contributed by atoms with van der Waals surface area (Å²) in [6.07, 6.45) is 0. The van der Waals surface area contributed by atoms with E-state index in [2.05, 4.69) is 43.3 Å². The highest BCUT2D eigenvalue weighted by Crippen LogP contribution is 2.69. The third-order valence-electron chi connectivity index (χ3n) is 5.76. The molecule has 0 bridgehead atoms. The van der Waals surface area contributed by atoms with Crippen LogP contribution >= 0.6 is 11.6 Å². The Morgan fingerprint density at radius 1 is 1.29 bits per heavy atom. The molecule has 3 rings (SSSR count). The van der Waals surface area contributed by atoms with Crippen molar-refractivity contribution in [1.82, 2.24) is 9.55 Å². The topological polar surface area (TPSA) is 41.6 Å². The Bertz CT molecular complexity index is 735. The van der Waals surface area contributed by atoms with Crippen LogP contribution in [0.4, 0.5) is 0 Å². The van der Waals surface area contributed by atoms with Crippen LogP contribution in [-0.4, -0.2) is 9.55 Å². The molecule has 0 spiro atoms. The van der Waals surface area contributed by atoms with Crippen LogP contribution in [0.15, 0.2) is 18.2 Å². The third kappa shape index (κ3) is 1.97. The maximum atomic E-state index is 9.11. The molecular weight excluding hydrogens is 282 g/mol. The Kier molecular flexibility index (Phi) is 3.07. The van der Waals surface area contributed by atoms with Crippen LogP contribution in [-0.2, 0) is 12.4 Å². The van der Waals surface area contributed by atoms with E-state index in [9.17, 15) is 0 Å². The molecular formula is C17H20ClN3. The van der Waals surface area contributed by atoms with E-state index >= 15 is 0 Å². The number of hydrogen-bond donors (Lipinski definition) is 0. The van der Waals surface area contributed by atoms with Gasteiger partial charge in [-0.2, -0.15) is 5.26 Å². The Balaban J connectivity index is 2.07. The summed E-state index contributed by atoms with van der Waals surface area (Å²) < 4.78 is 2.20. The minimum Gasteiger partial charge on any atom is -0.327 e. The largest absolute Gasteiger partial charge is 0.327 e. The van der Waals surface area contributed by atoms with Gasteiger partial charge in [0.05, 0.1) is 28.5 Å². The number of imidazole rings is 1. The van der Waals surface area contributed by atoms with Crippen molar-refractivity contribution in [1.29, 1.82) is 5.26 Å². The molecule has 1 fully saturated rings. The molecule has 110 valence electrons. The molecule has 1 aromatic heterocycles. The van der Waals surface area contributed by atoms with Gasteiger partial charge in [-0.05, 0) is 34.9 Å². The van der Waals surface area contributed by atoms with E-state index in [1.54, 1.807) is 0 Å². The van der Waals surface area contributed by atoms with Gasteiger partial charge in [0.15, 0.2) is 0 Å². The molecule has 1 saturated carbocycles. The maximum Gasteiger partial charge on any atom is 0.124 e. The lowest BCUT2D eigenvalue weighted by Gasteiger charge is -2.09. The summed E-state index contributed by atoms with van der Waals surface area (Å²) in [6, 6.07) is 7.83. The van der Waals surface area contributed by atoms with Crippen LogP contribution in [0.3, 0.4) is 0 Å². The van der Waals surface area contributed by atoms with Gasteiger partial charge in [0.25, 0.3) is 0 Å². The number of rotatable bonds is 3. The zero-order chi connectivity index (χ0) is 15.4. The number of benzene rings is 1. The van der Waals surface area contributed by atoms with E-state index < -0.39 is 0 Å². The van der Waals surface area contributed by atoms with E-state index in [0.717, 1.165) is 23.4 Å². The minimum absolute atomic E-state index is 0.319. The summed E-state index contributed by atoms with van der Waals surface area (Å²) in [6.45, 7) is 10.2. The van der Waals surface area contributed by atoms with Crippen molar-refractivity contribution in [2.75, 3.05) is 0 Å². The fourth-order valence-electron chi connectivity index (χ4n) is 3.52. The summed E-state index contributed by atoms with van der Waals surface area (Å²) in [5.41, 5.74) is 3.24. The first-order valence-corrected chi connectivity index (χ1v) is 7.81. The second-order valence-corrected chi connectivity index (χ2v) is 7.35. The van der Waals surface area contributed by atoms with Crippen LogP contribution in [0.5, 0.6) is 0 Å². The molecule has 0 saturated heterocycles. The van der Waals surface area contributed by atoms with E-state index in [0.29, 0.717) is 28.2 Å². The molecule has 0 aliphatic heterocycles. The fourth-order valence-corrected chi connectivity index (χ4v) is 3.72. The van der Waals surface area contributed by atoms with Crippen molar-refractivity contribution in [3.8, 4) is 6.07 Å². The van der Waals surface area contributed by atoms with Crippen LogP contribution in [0, 0.1) is 28.1 Å². The van der Waals surface area contributed by atoms with Gasteiger partial charge in [-0.3, -0.25) is 0 Å². The molecule has 21 heavy (non-hydrogen) atoms. The first-order valence-electron chi connectivity index (χ1n) is 7.28. The Labute approximate surface area is 130 Å². The Morgan fingerprint density at radius 3 is 2.48 bits per heavy atom. The van der Waals surface area contributed by atoms with Gasteiger partial charge in [0.1, 0.15) is 5.82 Å². The Hall–Kier alpha value is -1.53. The molecule has 0 atom stereocenters. The fraction of sp³-hybridized carbons (Fsp3) is 0.529. The highest BCUT2D eigenvalue weighted by molar-refractivity contribution is 6.16. The second kappa shape index (κ2) is 4.48. The van der Waals surface area contributed by atoms with Gasteiger partial charge in [-0.25, -0.2) is 4.98 Å². The number of halogens is 1. The molecule has 1 aliphatic carbocycles. The average Bonchev–Trinajstić information content (AvgIpc) is 2.76. The van der Waals surface area contributed by atoms with Crippen molar-refractivity contribution in [3.05, 3.63) is 29.6 Å². The highest BCUT2D eigenvalue weighted by atomic mass is 35.5. The van der Waals surface area contributed by atoms with Crippen LogP contribution < -0.4 is 0 Å². The van der Waals surface area contributed by atoms with E-state index in [1.807, 2.05) is 18.2 Å². The molecule has 0 amide bonds. The minimum atomic E-state index is 0.319. The summed E-state index contributed by atoms with van der Waals surface area (Å²) in [5.74, 6) is 1.87. The summed E-state index contributed by atoms with van der Waals surface area (Å²) in [4.78, 5) is 4.60. The molecule has 3 nitrogen and oxygen atoms in total. The Morgan fingerprint density at radius 2 is 1.95 bits per heavy atom. The van der Waals surface area contributed by atoms with Gasteiger partial charge in [-0.1, -0.05) is 27.7 Å². The number of nitriles is 1. The van der Waals surface area contributed by atoms with Crippen LogP contribution in [0.25, 0.3) is 11.0 Å².